The number of nitrogens with zero attached hydrogens (tertiary/aromatic N) is 1. The number of methoxy groups -OCH3 is 1. The summed E-state index contributed by atoms with van der Waals surface area (Å²) >= 11 is 3.38. The quantitative estimate of drug-likeness (QED) is 0.509. The van der Waals surface area contributed by atoms with Crippen LogP contribution in [0.25, 0.3) is 0 Å². The topological polar surface area (TPSA) is 81.0 Å². The Kier molecular flexibility index (Phi) is 6.27. The lowest BCUT2D eigenvalue weighted by molar-refractivity contribution is -0.117. The standard InChI is InChI=1S/C23H21BrN2O5/c1-29-20-10-6-16(13-19(20)26-12-2-3-22(26)27)25-23(28)21-11-9-18(31-21)14-30-17-7-4-15(24)5-8-17/h4-11,13H,2-3,12,14H2,1H3,(H,25,28). The Balaban J connectivity index is 1.42. The number of anilines is 2. The zero-order valence-electron chi connectivity index (χ0n) is 16.9. The molecule has 31 heavy (non-hydrogen) atoms. The molecule has 4 rings (SSSR count). The fourth-order valence-corrected chi connectivity index (χ4v) is 3.60. The molecule has 1 aromatic heterocycles. The number of carbonyl (C=O) groups is 2. The smallest absolute Gasteiger partial charge is 0.291 e. The Morgan fingerprint density at radius 1 is 1.16 bits per heavy atom. The molecule has 3 aromatic rings. The summed E-state index contributed by atoms with van der Waals surface area (Å²) in [7, 11) is 1.55. The number of furan rings is 1. The first-order valence-electron chi connectivity index (χ1n) is 9.80. The van der Waals surface area contributed by atoms with Gasteiger partial charge in [0.15, 0.2) is 5.76 Å². The molecule has 1 aliphatic heterocycles. The van der Waals surface area contributed by atoms with Gasteiger partial charge < -0.3 is 24.1 Å². The highest BCUT2D eigenvalue weighted by molar-refractivity contribution is 9.10. The Morgan fingerprint density at radius 3 is 2.68 bits per heavy atom. The molecule has 2 amide bonds. The van der Waals surface area contributed by atoms with Crippen molar-refractivity contribution in [3.8, 4) is 11.5 Å². The average molecular weight is 485 g/mol. The third-order valence-corrected chi connectivity index (χ3v) is 5.41. The third-order valence-electron chi connectivity index (χ3n) is 4.88. The highest BCUT2D eigenvalue weighted by Crippen LogP contribution is 2.34. The zero-order chi connectivity index (χ0) is 21.8. The lowest BCUT2D eigenvalue weighted by Gasteiger charge is -2.20. The van der Waals surface area contributed by atoms with E-state index < -0.39 is 5.91 Å². The van der Waals surface area contributed by atoms with E-state index in [1.54, 1.807) is 42.3 Å². The second-order valence-corrected chi connectivity index (χ2v) is 7.91. The maximum absolute atomic E-state index is 12.6. The highest BCUT2D eigenvalue weighted by atomic mass is 79.9. The second kappa shape index (κ2) is 9.26. The molecule has 1 N–H and O–H groups in total. The SMILES string of the molecule is COc1ccc(NC(=O)c2ccc(COc3ccc(Br)cc3)o2)cc1N1CCCC1=O. The summed E-state index contributed by atoms with van der Waals surface area (Å²) in [6.45, 7) is 0.838. The van der Waals surface area contributed by atoms with Crippen LogP contribution in [0.5, 0.6) is 11.5 Å². The van der Waals surface area contributed by atoms with Crippen LogP contribution >= 0.6 is 15.9 Å². The van der Waals surface area contributed by atoms with Gasteiger partial charge in [-0.05, 0) is 61.0 Å². The number of benzene rings is 2. The number of hydrogen-bond acceptors (Lipinski definition) is 5. The summed E-state index contributed by atoms with van der Waals surface area (Å²) < 4.78 is 17.6. The van der Waals surface area contributed by atoms with Crippen LogP contribution in [0.1, 0.15) is 29.2 Å². The Hall–Kier alpha value is -3.26. The average Bonchev–Trinajstić information content (AvgIpc) is 3.42. The Bertz CT molecular complexity index is 1090. The van der Waals surface area contributed by atoms with E-state index in [4.69, 9.17) is 13.9 Å². The van der Waals surface area contributed by atoms with Crippen LogP contribution in [0.15, 0.2) is 63.5 Å². The van der Waals surface area contributed by atoms with Crippen LogP contribution < -0.4 is 19.7 Å². The van der Waals surface area contributed by atoms with Crippen LogP contribution in [-0.2, 0) is 11.4 Å². The van der Waals surface area contributed by atoms with Gasteiger partial charge in [0.25, 0.3) is 5.91 Å². The van der Waals surface area contributed by atoms with Crippen LogP contribution in [-0.4, -0.2) is 25.5 Å². The summed E-state index contributed by atoms with van der Waals surface area (Å²) in [6, 6.07) is 15.9. The van der Waals surface area contributed by atoms with E-state index in [1.807, 2.05) is 24.3 Å². The van der Waals surface area contributed by atoms with Crippen LogP contribution in [0.3, 0.4) is 0 Å². The van der Waals surface area contributed by atoms with Gasteiger partial charge in [0.05, 0.1) is 12.8 Å². The van der Waals surface area contributed by atoms with E-state index in [2.05, 4.69) is 21.2 Å². The molecule has 0 saturated carbocycles. The molecule has 0 aliphatic carbocycles. The number of nitrogens with one attached hydrogen (secondary N) is 1. The van der Waals surface area contributed by atoms with Gasteiger partial charge in [-0.1, -0.05) is 15.9 Å². The first kappa shape index (κ1) is 21.0. The largest absolute Gasteiger partial charge is 0.495 e. The van der Waals surface area contributed by atoms with E-state index in [9.17, 15) is 9.59 Å². The van der Waals surface area contributed by atoms with Crippen LogP contribution in [0.2, 0.25) is 0 Å². The van der Waals surface area contributed by atoms with Crippen molar-refractivity contribution >= 4 is 39.1 Å². The molecule has 8 heteroatoms. The molecule has 0 spiro atoms. The van der Waals surface area contributed by atoms with Gasteiger partial charge in [-0.2, -0.15) is 0 Å². The first-order chi connectivity index (χ1) is 15.0. The Labute approximate surface area is 188 Å². The molecule has 2 heterocycles. The van der Waals surface area contributed by atoms with Gasteiger partial charge in [0.1, 0.15) is 23.9 Å². The predicted molar refractivity (Wildman–Crippen MR) is 120 cm³/mol. The third kappa shape index (κ3) is 4.91. The van der Waals surface area contributed by atoms with E-state index >= 15 is 0 Å². The minimum Gasteiger partial charge on any atom is -0.495 e. The molecule has 0 radical (unpaired) electrons. The normalized spacial score (nSPS) is 13.4. The summed E-state index contributed by atoms with van der Waals surface area (Å²) in [5.74, 6) is 1.64. The fraction of sp³-hybridized carbons (Fsp3) is 0.217. The summed E-state index contributed by atoms with van der Waals surface area (Å²) in [6.07, 6.45) is 1.31. The molecule has 7 nitrogen and oxygen atoms in total. The number of rotatable bonds is 7. The molecule has 0 unspecified atom stereocenters. The van der Waals surface area contributed by atoms with Crippen LogP contribution in [0, 0.1) is 0 Å². The van der Waals surface area contributed by atoms with Gasteiger partial charge in [0.2, 0.25) is 5.91 Å². The molecule has 160 valence electrons. The first-order valence-corrected chi connectivity index (χ1v) is 10.6. The monoisotopic (exact) mass is 484 g/mol. The van der Waals surface area contributed by atoms with Crippen molar-refractivity contribution in [3.63, 3.8) is 0 Å². The Morgan fingerprint density at radius 2 is 1.97 bits per heavy atom. The molecule has 1 fully saturated rings. The van der Waals surface area contributed by atoms with Gasteiger partial charge in [-0.25, -0.2) is 0 Å². The van der Waals surface area contributed by atoms with Crippen molar-refractivity contribution < 1.29 is 23.5 Å². The van der Waals surface area contributed by atoms with Gasteiger partial charge in [0, 0.05) is 23.1 Å². The second-order valence-electron chi connectivity index (χ2n) is 7.00. The van der Waals surface area contributed by atoms with Crippen molar-refractivity contribution in [3.05, 3.63) is 70.6 Å². The molecule has 1 saturated heterocycles. The van der Waals surface area contributed by atoms with Gasteiger partial charge in [-0.15, -0.1) is 0 Å². The molecule has 1 aliphatic rings. The zero-order valence-corrected chi connectivity index (χ0v) is 18.5. The van der Waals surface area contributed by atoms with Crippen molar-refractivity contribution in [2.45, 2.75) is 19.4 Å². The number of halogens is 1. The van der Waals surface area contributed by atoms with E-state index in [0.29, 0.717) is 41.6 Å². The van der Waals surface area contributed by atoms with Crippen molar-refractivity contribution in [2.24, 2.45) is 0 Å². The molecule has 0 atom stereocenters. The van der Waals surface area contributed by atoms with E-state index in [-0.39, 0.29) is 18.3 Å². The number of amides is 2. The van der Waals surface area contributed by atoms with Crippen molar-refractivity contribution in [1.82, 2.24) is 0 Å². The maximum atomic E-state index is 12.6. The maximum Gasteiger partial charge on any atom is 0.291 e. The molecule has 0 bridgehead atoms. The van der Waals surface area contributed by atoms with E-state index in [0.717, 1.165) is 10.9 Å². The molecular formula is C23H21BrN2O5. The number of carbonyl (C=O) groups excluding carboxylic acids is 2. The number of ether oxygens (including phenoxy) is 2. The highest BCUT2D eigenvalue weighted by Gasteiger charge is 2.25. The van der Waals surface area contributed by atoms with E-state index in [1.165, 1.54) is 0 Å². The van der Waals surface area contributed by atoms with Crippen molar-refractivity contribution in [1.29, 1.82) is 0 Å². The number of hydrogen-bond donors (Lipinski definition) is 1. The van der Waals surface area contributed by atoms with Gasteiger partial charge >= 0.3 is 0 Å². The van der Waals surface area contributed by atoms with Crippen molar-refractivity contribution in [2.75, 3.05) is 23.9 Å². The summed E-state index contributed by atoms with van der Waals surface area (Å²) in [4.78, 5) is 26.4. The summed E-state index contributed by atoms with van der Waals surface area (Å²) in [5, 5.41) is 2.81. The van der Waals surface area contributed by atoms with Gasteiger partial charge in [-0.3, -0.25) is 9.59 Å². The molecule has 2 aromatic carbocycles. The lowest BCUT2D eigenvalue weighted by atomic mass is 10.2. The fourth-order valence-electron chi connectivity index (χ4n) is 3.34. The molecular weight excluding hydrogens is 464 g/mol. The summed E-state index contributed by atoms with van der Waals surface area (Å²) in [5.41, 5.74) is 1.19. The minimum absolute atomic E-state index is 0.0447. The minimum atomic E-state index is -0.390. The van der Waals surface area contributed by atoms with Crippen LogP contribution in [0.4, 0.5) is 11.4 Å². The lowest BCUT2D eigenvalue weighted by Crippen LogP contribution is -2.24. The predicted octanol–water partition coefficient (Wildman–Crippen LogP) is 5.01.